The molecule has 6 atom stereocenters. The molecule has 0 heterocycles. The average molecular weight is 441 g/mol. The number of aliphatic hydroxyl groups is 1. The van der Waals surface area contributed by atoms with Gasteiger partial charge in [0.2, 0.25) is 0 Å². The Morgan fingerprint density at radius 1 is 0.818 bits per heavy atom. The quantitative estimate of drug-likeness (QED) is 0.514. The molecule has 4 saturated carbocycles. The van der Waals surface area contributed by atoms with Crippen molar-refractivity contribution in [2.24, 2.45) is 34.0 Å². The maximum atomic E-state index is 10.4. The van der Waals surface area contributed by atoms with Gasteiger partial charge in [0.05, 0.1) is 0 Å². The van der Waals surface area contributed by atoms with E-state index in [4.69, 9.17) is 0 Å². The summed E-state index contributed by atoms with van der Waals surface area (Å²) in [7, 11) is 0. The van der Waals surface area contributed by atoms with Gasteiger partial charge in [-0.05, 0) is 102 Å². The first-order chi connectivity index (χ1) is 16.0. The zero-order chi connectivity index (χ0) is 22.7. The van der Waals surface area contributed by atoms with Gasteiger partial charge in [-0.25, -0.2) is 0 Å². The molecular formula is C32H40O. The van der Waals surface area contributed by atoms with E-state index in [0.717, 1.165) is 11.8 Å². The summed E-state index contributed by atoms with van der Waals surface area (Å²) in [5, 5.41) is 10.4. The Labute approximate surface area is 200 Å². The van der Waals surface area contributed by atoms with E-state index in [1.807, 2.05) is 0 Å². The summed E-state index contributed by atoms with van der Waals surface area (Å²) in [6, 6.07) is 22.4. The fraction of sp³-hybridized carbons (Fsp3) is 0.562. The van der Waals surface area contributed by atoms with Crippen LogP contribution in [0.4, 0.5) is 0 Å². The molecule has 0 saturated heterocycles. The predicted molar refractivity (Wildman–Crippen MR) is 137 cm³/mol. The van der Waals surface area contributed by atoms with Crippen LogP contribution < -0.4 is 0 Å². The Bertz CT molecular complexity index is 997. The highest BCUT2D eigenvalue weighted by atomic mass is 16.3. The minimum Gasteiger partial charge on any atom is -0.396 e. The molecule has 1 N–H and O–H groups in total. The third-order valence-corrected chi connectivity index (χ3v) is 10.9. The minimum absolute atomic E-state index is 0.127. The molecule has 0 aromatic heterocycles. The Morgan fingerprint density at radius 3 is 2.12 bits per heavy atom. The van der Waals surface area contributed by atoms with Crippen LogP contribution in [-0.2, 0) is 0 Å². The molecule has 33 heavy (non-hydrogen) atoms. The monoisotopic (exact) mass is 440 g/mol. The second-order valence-electron chi connectivity index (χ2n) is 12.5. The number of allylic oxidation sites excluding steroid dienone is 1. The number of hydrogen-bond acceptors (Lipinski definition) is 1. The van der Waals surface area contributed by atoms with Crippen LogP contribution in [0.25, 0.3) is 5.57 Å². The van der Waals surface area contributed by atoms with Crippen LogP contribution in [0.15, 0.2) is 66.2 Å². The molecule has 1 spiro atoms. The lowest BCUT2D eigenvalue weighted by molar-refractivity contribution is -0.158. The summed E-state index contributed by atoms with van der Waals surface area (Å²) >= 11 is 0. The van der Waals surface area contributed by atoms with Crippen LogP contribution >= 0.6 is 0 Å². The number of rotatable bonds is 3. The largest absolute Gasteiger partial charge is 0.396 e. The molecule has 0 radical (unpaired) electrons. The van der Waals surface area contributed by atoms with E-state index in [0.29, 0.717) is 23.4 Å². The Hall–Kier alpha value is -1.86. The lowest BCUT2D eigenvalue weighted by Gasteiger charge is -2.64. The highest BCUT2D eigenvalue weighted by Crippen LogP contribution is 2.72. The van der Waals surface area contributed by atoms with E-state index >= 15 is 0 Å². The molecule has 2 aromatic rings. The van der Waals surface area contributed by atoms with Crippen molar-refractivity contribution in [1.82, 2.24) is 0 Å². The van der Waals surface area contributed by atoms with Crippen molar-refractivity contribution in [2.45, 2.75) is 71.6 Å². The highest BCUT2D eigenvalue weighted by Gasteiger charge is 2.63. The normalized spacial score (nSPS) is 39.6. The summed E-state index contributed by atoms with van der Waals surface area (Å²) in [6.07, 6.45) is 12.0. The first-order valence-corrected chi connectivity index (χ1v) is 13.4. The second kappa shape index (κ2) is 7.84. The molecule has 0 aliphatic heterocycles. The van der Waals surface area contributed by atoms with Crippen LogP contribution in [0, 0.1) is 34.0 Å². The van der Waals surface area contributed by atoms with Crippen LogP contribution in [0.1, 0.15) is 82.8 Å². The summed E-state index contributed by atoms with van der Waals surface area (Å²) in [4.78, 5) is 0. The first kappa shape index (κ1) is 21.7. The maximum Gasteiger partial charge on any atom is 0.0487 e. The summed E-state index contributed by atoms with van der Waals surface area (Å²) in [5.74, 6) is 2.24. The van der Waals surface area contributed by atoms with Gasteiger partial charge >= 0.3 is 0 Å². The Balaban J connectivity index is 1.44. The molecule has 2 aromatic carbocycles. The molecule has 2 bridgehead atoms. The van der Waals surface area contributed by atoms with Gasteiger partial charge in [-0.15, -0.1) is 0 Å². The molecular weight excluding hydrogens is 400 g/mol. The number of aliphatic hydroxyl groups excluding tert-OH is 1. The van der Waals surface area contributed by atoms with Crippen LogP contribution in [-0.4, -0.2) is 11.7 Å². The van der Waals surface area contributed by atoms with Gasteiger partial charge in [0.15, 0.2) is 0 Å². The molecule has 4 fully saturated rings. The van der Waals surface area contributed by atoms with Crippen molar-refractivity contribution in [2.75, 3.05) is 6.61 Å². The van der Waals surface area contributed by atoms with Gasteiger partial charge in [0.25, 0.3) is 0 Å². The van der Waals surface area contributed by atoms with Gasteiger partial charge in [-0.1, -0.05) is 86.5 Å². The molecule has 6 unspecified atom stereocenters. The molecule has 1 heteroatoms. The summed E-state index contributed by atoms with van der Waals surface area (Å²) in [5.41, 5.74) is 7.06. The third kappa shape index (κ3) is 3.22. The lowest BCUT2D eigenvalue weighted by atomic mass is 9.41. The van der Waals surface area contributed by atoms with Crippen molar-refractivity contribution in [3.05, 3.63) is 77.4 Å². The van der Waals surface area contributed by atoms with Crippen molar-refractivity contribution >= 4 is 5.57 Å². The lowest BCUT2D eigenvalue weighted by Crippen LogP contribution is -2.57. The summed E-state index contributed by atoms with van der Waals surface area (Å²) in [6.45, 7) is 5.39. The van der Waals surface area contributed by atoms with Crippen molar-refractivity contribution < 1.29 is 5.11 Å². The standard InChI is InChI=1S/C32H40O/c1-30(22-33)17-9-18-31(2)27(30)16-19-32-20-25(14-15-28(31)32)26(21-32)29(23-10-5-3-6-11-23)24-12-7-4-8-13-24/h3-8,10-13,25,27-28,33H,9,14-22H2,1-2H3. The van der Waals surface area contributed by atoms with E-state index in [1.54, 1.807) is 5.57 Å². The van der Waals surface area contributed by atoms with Gasteiger partial charge in [-0.2, -0.15) is 0 Å². The fourth-order valence-corrected chi connectivity index (χ4v) is 9.59. The van der Waals surface area contributed by atoms with Gasteiger partial charge in [-0.3, -0.25) is 0 Å². The molecule has 6 rings (SSSR count). The van der Waals surface area contributed by atoms with E-state index < -0.39 is 0 Å². The van der Waals surface area contributed by atoms with Gasteiger partial charge < -0.3 is 5.11 Å². The van der Waals surface area contributed by atoms with E-state index in [9.17, 15) is 5.11 Å². The van der Waals surface area contributed by atoms with E-state index in [1.165, 1.54) is 74.5 Å². The Morgan fingerprint density at radius 2 is 1.48 bits per heavy atom. The SMILES string of the molecule is CC1(CO)CCCC2(C)C1CCC13CC(=C(c4ccccc4)c4ccccc4)C(CCC12)C3. The van der Waals surface area contributed by atoms with E-state index in [2.05, 4.69) is 74.5 Å². The average Bonchev–Trinajstić information content (AvgIpc) is 3.10. The molecule has 0 amide bonds. The van der Waals surface area contributed by atoms with Crippen molar-refractivity contribution in [3.8, 4) is 0 Å². The highest BCUT2D eigenvalue weighted by molar-refractivity contribution is 5.83. The fourth-order valence-electron chi connectivity index (χ4n) is 9.59. The zero-order valence-electron chi connectivity index (χ0n) is 20.5. The number of fused-ring (bicyclic) bond motifs is 3. The third-order valence-electron chi connectivity index (χ3n) is 10.9. The van der Waals surface area contributed by atoms with Crippen molar-refractivity contribution in [3.63, 3.8) is 0 Å². The molecule has 4 aliphatic carbocycles. The van der Waals surface area contributed by atoms with Crippen LogP contribution in [0.5, 0.6) is 0 Å². The maximum absolute atomic E-state index is 10.4. The van der Waals surface area contributed by atoms with Crippen molar-refractivity contribution in [1.29, 1.82) is 0 Å². The predicted octanol–water partition coefficient (Wildman–Crippen LogP) is 7.89. The van der Waals surface area contributed by atoms with Gasteiger partial charge in [0.1, 0.15) is 0 Å². The van der Waals surface area contributed by atoms with Crippen LogP contribution in [0.2, 0.25) is 0 Å². The van der Waals surface area contributed by atoms with E-state index in [-0.39, 0.29) is 5.41 Å². The minimum atomic E-state index is 0.127. The van der Waals surface area contributed by atoms with Crippen LogP contribution in [0.3, 0.4) is 0 Å². The zero-order valence-corrected chi connectivity index (χ0v) is 20.5. The number of hydrogen-bond donors (Lipinski definition) is 1. The summed E-state index contributed by atoms with van der Waals surface area (Å²) < 4.78 is 0. The topological polar surface area (TPSA) is 20.2 Å². The molecule has 4 aliphatic rings. The first-order valence-electron chi connectivity index (χ1n) is 13.4. The molecule has 1 nitrogen and oxygen atoms in total. The second-order valence-corrected chi connectivity index (χ2v) is 12.5. The smallest absolute Gasteiger partial charge is 0.0487 e. The Kier molecular flexibility index (Phi) is 5.14. The van der Waals surface area contributed by atoms with Gasteiger partial charge in [0, 0.05) is 6.61 Å². The number of benzene rings is 2. The molecule has 174 valence electrons.